The van der Waals surface area contributed by atoms with E-state index in [2.05, 4.69) is 72.4 Å². The number of aromatic amines is 1. The molecule has 1 unspecified atom stereocenters. The van der Waals surface area contributed by atoms with Crippen molar-refractivity contribution in [2.75, 3.05) is 20.6 Å². The summed E-state index contributed by atoms with van der Waals surface area (Å²) in [5, 5.41) is 4.18. The SMILES string of the molecule is Cc1ccc(C(CNC(=O)c2cc3c(C)cc(C)cc3[nH]2)N(C)C)cc1. The minimum atomic E-state index is -0.0720. The number of hydrogen-bond acceptors (Lipinski definition) is 2. The Bertz CT molecular complexity index is 922. The highest BCUT2D eigenvalue weighted by Crippen LogP contribution is 2.22. The molecule has 1 heterocycles. The van der Waals surface area contributed by atoms with E-state index in [4.69, 9.17) is 0 Å². The number of likely N-dealkylation sites (N-methyl/N-ethyl adjacent to an activating group) is 1. The van der Waals surface area contributed by atoms with Gasteiger partial charge in [0, 0.05) is 17.4 Å². The number of carbonyl (C=O) groups excluding carboxylic acids is 1. The highest BCUT2D eigenvalue weighted by atomic mass is 16.1. The minimum absolute atomic E-state index is 0.0720. The molecular weight excluding hydrogens is 322 g/mol. The van der Waals surface area contributed by atoms with Crippen LogP contribution in [0.4, 0.5) is 0 Å². The Labute approximate surface area is 155 Å². The molecule has 0 saturated heterocycles. The summed E-state index contributed by atoms with van der Waals surface area (Å²) in [6.07, 6.45) is 0. The molecule has 4 heteroatoms. The third-order valence-electron chi connectivity index (χ3n) is 4.88. The van der Waals surface area contributed by atoms with Crippen molar-refractivity contribution in [3.05, 3.63) is 70.4 Å². The monoisotopic (exact) mass is 349 g/mol. The van der Waals surface area contributed by atoms with Gasteiger partial charge in [-0.1, -0.05) is 35.9 Å². The molecular formula is C22H27N3O. The van der Waals surface area contributed by atoms with Crippen molar-refractivity contribution < 1.29 is 4.79 Å². The maximum Gasteiger partial charge on any atom is 0.267 e. The molecule has 26 heavy (non-hydrogen) atoms. The summed E-state index contributed by atoms with van der Waals surface area (Å²) in [5.41, 5.74) is 6.42. The quantitative estimate of drug-likeness (QED) is 0.728. The van der Waals surface area contributed by atoms with Crippen LogP contribution in [0, 0.1) is 20.8 Å². The van der Waals surface area contributed by atoms with Crippen molar-refractivity contribution in [3.8, 4) is 0 Å². The van der Waals surface area contributed by atoms with Gasteiger partial charge in [0.05, 0.1) is 6.04 Å². The Morgan fingerprint density at radius 1 is 1.04 bits per heavy atom. The molecule has 2 aromatic carbocycles. The van der Waals surface area contributed by atoms with Crippen molar-refractivity contribution in [1.29, 1.82) is 0 Å². The van der Waals surface area contributed by atoms with Crippen LogP contribution in [0.1, 0.15) is 38.8 Å². The number of hydrogen-bond donors (Lipinski definition) is 2. The van der Waals surface area contributed by atoms with Gasteiger partial charge < -0.3 is 15.2 Å². The first-order valence-electron chi connectivity index (χ1n) is 8.96. The maximum absolute atomic E-state index is 12.7. The largest absolute Gasteiger partial charge is 0.351 e. The van der Waals surface area contributed by atoms with Crippen LogP contribution < -0.4 is 5.32 Å². The number of rotatable bonds is 5. The average Bonchev–Trinajstić information content (AvgIpc) is 3.00. The number of aromatic nitrogens is 1. The van der Waals surface area contributed by atoms with Crippen LogP contribution >= 0.6 is 0 Å². The molecule has 0 aliphatic rings. The van der Waals surface area contributed by atoms with Crippen LogP contribution in [0.2, 0.25) is 0 Å². The molecule has 3 aromatic rings. The molecule has 3 rings (SSSR count). The summed E-state index contributed by atoms with van der Waals surface area (Å²) in [5.74, 6) is -0.0720. The summed E-state index contributed by atoms with van der Waals surface area (Å²) in [6, 6.07) is 14.8. The Morgan fingerprint density at radius 3 is 2.38 bits per heavy atom. The lowest BCUT2D eigenvalue weighted by Crippen LogP contribution is -2.34. The van der Waals surface area contributed by atoms with E-state index in [1.54, 1.807) is 0 Å². The molecule has 0 spiro atoms. The van der Waals surface area contributed by atoms with E-state index in [9.17, 15) is 4.79 Å². The van der Waals surface area contributed by atoms with Gasteiger partial charge in [0.25, 0.3) is 5.91 Å². The highest BCUT2D eigenvalue weighted by Gasteiger charge is 2.17. The molecule has 136 valence electrons. The first kappa shape index (κ1) is 18.2. The van der Waals surface area contributed by atoms with E-state index >= 15 is 0 Å². The van der Waals surface area contributed by atoms with Gasteiger partial charge in [-0.15, -0.1) is 0 Å². The van der Waals surface area contributed by atoms with Crippen molar-refractivity contribution >= 4 is 16.8 Å². The summed E-state index contributed by atoms with van der Waals surface area (Å²) >= 11 is 0. The summed E-state index contributed by atoms with van der Waals surface area (Å²) in [6.45, 7) is 6.78. The van der Waals surface area contributed by atoms with Crippen LogP contribution in [0.15, 0.2) is 42.5 Å². The van der Waals surface area contributed by atoms with Gasteiger partial charge in [0.1, 0.15) is 5.69 Å². The van der Waals surface area contributed by atoms with E-state index in [1.807, 2.05) is 20.2 Å². The van der Waals surface area contributed by atoms with Crippen molar-refractivity contribution in [3.63, 3.8) is 0 Å². The van der Waals surface area contributed by atoms with Crippen molar-refractivity contribution in [2.45, 2.75) is 26.8 Å². The molecule has 1 aromatic heterocycles. The fraction of sp³-hybridized carbons (Fsp3) is 0.318. The third-order valence-corrected chi connectivity index (χ3v) is 4.88. The molecule has 4 nitrogen and oxygen atoms in total. The third kappa shape index (κ3) is 3.81. The maximum atomic E-state index is 12.7. The zero-order valence-corrected chi connectivity index (χ0v) is 16.2. The van der Waals surface area contributed by atoms with Gasteiger partial charge in [-0.3, -0.25) is 4.79 Å². The second-order valence-corrected chi connectivity index (χ2v) is 7.33. The zero-order valence-electron chi connectivity index (χ0n) is 16.2. The van der Waals surface area contributed by atoms with Crippen LogP contribution in [-0.2, 0) is 0 Å². The van der Waals surface area contributed by atoms with E-state index in [-0.39, 0.29) is 11.9 Å². The average molecular weight is 349 g/mol. The molecule has 0 saturated carbocycles. The lowest BCUT2D eigenvalue weighted by Gasteiger charge is -2.25. The van der Waals surface area contributed by atoms with Crippen LogP contribution in [0.3, 0.4) is 0 Å². The molecule has 1 amide bonds. The van der Waals surface area contributed by atoms with Crippen LogP contribution in [0.5, 0.6) is 0 Å². The zero-order chi connectivity index (χ0) is 18.8. The number of benzene rings is 2. The molecule has 0 aliphatic carbocycles. The second-order valence-electron chi connectivity index (χ2n) is 7.33. The number of nitrogens with zero attached hydrogens (tertiary/aromatic N) is 1. The Hall–Kier alpha value is -2.59. The summed E-state index contributed by atoms with van der Waals surface area (Å²) in [4.78, 5) is 18.0. The fourth-order valence-electron chi connectivity index (χ4n) is 3.39. The molecule has 0 aliphatic heterocycles. The normalized spacial score (nSPS) is 12.5. The van der Waals surface area contributed by atoms with Crippen LogP contribution in [-0.4, -0.2) is 36.4 Å². The predicted molar refractivity (Wildman–Crippen MR) is 108 cm³/mol. The van der Waals surface area contributed by atoms with Crippen molar-refractivity contribution in [1.82, 2.24) is 15.2 Å². The molecule has 0 fully saturated rings. The number of nitrogens with one attached hydrogen (secondary N) is 2. The van der Waals surface area contributed by atoms with Gasteiger partial charge in [-0.2, -0.15) is 0 Å². The number of carbonyl (C=O) groups is 1. The first-order chi connectivity index (χ1) is 12.3. The molecule has 2 N–H and O–H groups in total. The standard InChI is InChI=1S/C22H27N3O/c1-14-6-8-17(9-7-14)21(25(4)5)13-23-22(26)20-12-18-16(3)10-15(2)11-19(18)24-20/h6-12,21,24H,13H2,1-5H3,(H,23,26). The number of H-pyrrole nitrogens is 1. The topological polar surface area (TPSA) is 48.1 Å². The van der Waals surface area contributed by atoms with Gasteiger partial charge >= 0.3 is 0 Å². The minimum Gasteiger partial charge on any atom is -0.351 e. The van der Waals surface area contributed by atoms with E-state index in [1.165, 1.54) is 22.3 Å². The lowest BCUT2D eigenvalue weighted by molar-refractivity contribution is 0.0937. The Morgan fingerprint density at radius 2 is 1.73 bits per heavy atom. The van der Waals surface area contributed by atoms with Gasteiger partial charge in [0.2, 0.25) is 0 Å². The molecule has 1 atom stereocenters. The van der Waals surface area contributed by atoms with Gasteiger partial charge in [-0.05, 0) is 63.7 Å². The van der Waals surface area contributed by atoms with E-state index in [0.717, 1.165) is 10.9 Å². The van der Waals surface area contributed by atoms with Crippen molar-refractivity contribution in [2.24, 2.45) is 0 Å². The number of aryl methyl sites for hydroxylation is 3. The lowest BCUT2D eigenvalue weighted by atomic mass is 10.0. The molecule has 0 radical (unpaired) electrons. The fourth-order valence-corrected chi connectivity index (χ4v) is 3.39. The molecule has 0 bridgehead atoms. The van der Waals surface area contributed by atoms with Gasteiger partial charge in [-0.25, -0.2) is 0 Å². The first-order valence-corrected chi connectivity index (χ1v) is 8.96. The van der Waals surface area contributed by atoms with E-state index < -0.39 is 0 Å². The smallest absolute Gasteiger partial charge is 0.267 e. The number of amides is 1. The van der Waals surface area contributed by atoms with Gasteiger partial charge in [0.15, 0.2) is 0 Å². The predicted octanol–water partition coefficient (Wildman–Crippen LogP) is 4.13. The Balaban J connectivity index is 1.76. The second kappa shape index (κ2) is 7.34. The number of fused-ring (bicyclic) bond motifs is 1. The summed E-state index contributed by atoms with van der Waals surface area (Å²) in [7, 11) is 4.07. The Kier molecular flexibility index (Phi) is 5.14. The van der Waals surface area contributed by atoms with E-state index in [0.29, 0.717) is 12.2 Å². The van der Waals surface area contributed by atoms with Crippen LogP contribution in [0.25, 0.3) is 10.9 Å². The summed E-state index contributed by atoms with van der Waals surface area (Å²) < 4.78 is 0. The highest BCUT2D eigenvalue weighted by molar-refractivity contribution is 5.99.